The Bertz CT molecular complexity index is 869. The lowest BCUT2D eigenvalue weighted by molar-refractivity contribution is 0.0218. The molecule has 2 heterocycles. The number of amides is 1. The average Bonchev–Trinajstić information content (AvgIpc) is 3.17. The van der Waals surface area contributed by atoms with Crippen molar-refractivity contribution in [3.8, 4) is 11.3 Å². The molecule has 1 N–H and O–H groups in total. The highest BCUT2D eigenvalue weighted by atomic mass is 79.9. The van der Waals surface area contributed by atoms with Crippen LogP contribution in [0.2, 0.25) is 0 Å². The third kappa shape index (κ3) is 3.77. The van der Waals surface area contributed by atoms with Gasteiger partial charge in [0, 0.05) is 22.3 Å². The number of halogens is 1. The second kappa shape index (κ2) is 6.97. The van der Waals surface area contributed by atoms with E-state index in [4.69, 9.17) is 9.72 Å². The highest BCUT2D eigenvalue weighted by molar-refractivity contribution is 9.10. The van der Waals surface area contributed by atoms with Crippen LogP contribution in [0, 0.1) is 0 Å². The smallest absolute Gasteiger partial charge is 0.410 e. The number of imidazole rings is 1. The first-order valence-corrected chi connectivity index (χ1v) is 10.5. The lowest BCUT2D eigenvalue weighted by Crippen LogP contribution is -2.36. The van der Waals surface area contributed by atoms with Crippen molar-refractivity contribution >= 4 is 22.0 Å². The van der Waals surface area contributed by atoms with E-state index in [9.17, 15) is 4.79 Å². The molecule has 2 aromatic rings. The Morgan fingerprint density at radius 2 is 2.11 bits per heavy atom. The summed E-state index contributed by atoms with van der Waals surface area (Å²) < 4.78 is 6.71. The summed E-state index contributed by atoms with van der Waals surface area (Å²) in [4.78, 5) is 23.0. The molecule has 27 heavy (non-hydrogen) atoms. The number of nitrogens with one attached hydrogen (secondary N) is 1. The van der Waals surface area contributed by atoms with E-state index in [1.807, 2.05) is 25.7 Å². The molecule has 1 aliphatic carbocycles. The van der Waals surface area contributed by atoms with E-state index in [1.54, 1.807) is 0 Å². The number of hydrogen-bond donors (Lipinski definition) is 1. The third-order valence-corrected chi connectivity index (χ3v) is 5.68. The number of ether oxygens (including phenoxy) is 1. The van der Waals surface area contributed by atoms with Crippen molar-refractivity contribution < 1.29 is 9.53 Å². The second-order valence-corrected chi connectivity index (χ2v) is 9.35. The fraction of sp³-hybridized carbons (Fsp3) is 0.524. The second-order valence-electron chi connectivity index (χ2n) is 8.44. The number of H-pyrrole nitrogens is 1. The Kier molecular flexibility index (Phi) is 4.78. The van der Waals surface area contributed by atoms with Gasteiger partial charge in [-0.05, 0) is 70.6 Å². The molecule has 1 fully saturated rings. The molecule has 0 saturated carbocycles. The molecule has 0 unspecified atom stereocenters. The minimum atomic E-state index is -0.489. The standard InChI is InChI=1S/C21H26BrN3O2/c1-21(2,3)27-20(26)25-11-5-8-17(25)19-23-16-7-4-6-13-12-14(22)9-10-15(13)18(16)24-19/h9-10,12,17H,4-8,11H2,1-3H3,(H,23,24)/t17-/m0/s1. The van der Waals surface area contributed by atoms with Gasteiger partial charge < -0.3 is 9.72 Å². The molecule has 1 aromatic heterocycles. The zero-order chi connectivity index (χ0) is 19.2. The van der Waals surface area contributed by atoms with Gasteiger partial charge in [0.05, 0.1) is 11.7 Å². The molecule has 6 heteroatoms. The van der Waals surface area contributed by atoms with Crippen molar-refractivity contribution in [2.45, 2.75) is 64.5 Å². The van der Waals surface area contributed by atoms with Crippen molar-refractivity contribution in [2.75, 3.05) is 6.54 Å². The number of aryl methyl sites for hydroxylation is 2. The largest absolute Gasteiger partial charge is 0.444 e. The van der Waals surface area contributed by atoms with Crippen LogP contribution < -0.4 is 0 Å². The molecule has 0 spiro atoms. The topological polar surface area (TPSA) is 58.2 Å². The molecule has 1 aromatic carbocycles. The highest BCUT2D eigenvalue weighted by Crippen LogP contribution is 2.37. The molecule has 144 valence electrons. The Labute approximate surface area is 168 Å². The van der Waals surface area contributed by atoms with Gasteiger partial charge in [-0.1, -0.05) is 22.0 Å². The summed E-state index contributed by atoms with van der Waals surface area (Å²) in [6.07, 6.45) is 4.77. The van der Waals surface area contributed by atoms with Gasteiger partial charge in [0.25, 0.3) is 0 Å². The zero-order valence-corrected chi connectivity index (χ0v) is 17.7. The molecular formula is C21H26BrN3O2. The maximum absolute atomic E-state index is 12.6. The van der Waals surface area contributed by atoms with Crippen molar-refractivity contribution in [2.24, 2.45) is 0 Å². The zero-order valence-electron chi connectivity index (χ0n) is 16.1. The molecule has 1 amide bonds. The first-order valence-electron chi connectivity index (χ1n) is 9.69. The van der Waals surface area contributed by atoms with Crippen LogP contribution in [-0.4, -0.2) is 33.1 Å². The Hall–Kier alpha value is -1.82. The van der Waals surface area contributed by atoms with Gasteiger partial charge in [-0.3, -0.25) is 4.90 Å². The minimum Gasteiger partial charge on any atom is -0.444 e. The molecule has 1 aliphatic heterocycles. The summed E-state index contributed by atoms with van der Waals surface area (Å²) in [5.74, 6) is 0.888. The SMILES string of the molecule is CC(C)(C)OC(=O)N1CCC[C@H]1c1nc2c([nH]1)CCCc1cc(Br)ccc1-2. The highest BCUT2D eigenvalue weighted by Gasteiger charge is 2.35. The van der Waals surface area contributed by atoms with Gasteiger partial charge in [-0.2, -0.15) is 0 Å². The van der Waals surface area contributed by atoms with Crippen molar-refractivity contribution in [3.63, 3.8) is 0 Å². The number of carbonyl (C=O) groups excluding carboxylic acids is 1. The van der Waals surface area contributed by atoms with Crippen LogP contribution in [0.1, 0.15) is 63.2 Å². The molecule has 0 radical (unpaired) electrons. The van der Waals surface area contributed by atoms with E-state index >= 15 is 0 Å². The molecule has 2 aliphatic rings. The summed E-state index contributed by atoms with van der Waals surface area (Å²) in [6.45, 7) is 6.43. The van der Waals surface area contributed by atoms with E-state index in [0.29, 0.717) is 6.54 Å². The Morgan fingerprint density at radius 3 is 2.89 bits per heavy atom. The summed E-state index contributed by atoms with van der Waals surface area (Å²) >= 11 is 3.58. The molecule has 0 bridgehead atoms. The quantitative estimate of drug-likeness (QED) is 0.657. The third-order valence-electron chi connectivity index (χ3n) is 5.19. The van der Waals surface area contributed by atoms with E-state index in [0.717, 1.165) is 48.1 Å². The first kappa shape index (κ1) is 18.5. The van der Waals surface area contributed by atoms with E-state index < -0.39 is 5.60 Å². The van der Waals surface area contributed by atoms with Crippen LogP contribution >= 0.6 is 15.9 Å². The first-order chi connectivity index (χ1) is 12.8. The van der Waals surface area contributed by atoms with Crippen molar-refractivity contribution in [3.05, 3.63) is 39.8 Å². The van der Waals surface area contributed by atoms with Crippen LogP contribution in [0.4, 0.5) is 4.79 Å². The summed E-state index contributed by atoms with van der Waals surface area (Å²) in [5, 5.41) is 0. The number of rotatable bonds is 1. The normalized spacial score (nSPS) is 19.4. The number of fused-ring (bicyclic) bond motifs is 3. The molecular weight excluding hydrogens is 406 g/mol. The van der Waals surface area contributed by atoms with Crippen molar-refractivity contribution in [1.29, 1.82) is 0 Å². The number of hydrogen-bond acceptors (Lipinski definition) is 3. The minimum absolute atomic E-state index is 0.0364. The summed E-state index contributed by atoms with van der Waals surface area (Å²) in [6, 6.07) is 6.38. The van der Waals surface area contributed by atoms with Gasteiger partial charge in [0.15, 0.2) is 0 Å². The predicted molar refractivity (Wildman–Crippen MR) is 109 cm³/mol. The lowest BCUT2D eigenvalue weighted by Gasteiger charge is -2.27. The van der Waals surface area contributed by atoms with Crippen LogP contribution in [0.5, 0.6) is 0 Å². The Balaban J connectivity index is 1.66. The fourth-order valence-corrected chi connectivity index (χ4v) is 4.45. The van der Waals surface area contributed by atoms with E-state index in [2.05, 4.69) is 39.1 Å². The summed E-state index contributed by atoms with van der Waals surface area (Å²) in [5.41, 5.74) is 4.27. The van der Waals surface area contributed by atoms with Gasteiger partial charge in [0.2, 0.25) is 0 Å². The van der Waals surface area contributed by atoms with E-state index in [-0.39, 0.29) is 12.1 Å². The van der Waals surface area contributed by atoms with Crippen LogP contribution in [0.15, 0.2) is 22.7 Å². The number of carbonyl (C=O) groups is 1. The maximum atomic E-state index is 12.6. The number of aromatic amines is 1. The van der Waals surface area contributed by atoms with Gasteiger partial charge in [-0.15, -0.1) is 0 Å². The number of likely N-dealkylation sites (tertiary alicyclic amines) is 1. The van der Waals surface area contributed by atoms with Crippen LogP contribution in [0.25, 0.3) is 11.3 Å². The molecule has 1 atom stereocenters. The predicted octanol–water partition coefficient (Wildman–Crippen LogP) is 5.40. The summed E-state index contributed by atoms with van der Waals surface area (Å²) in [7, 11) is 0. The Morgan fingerprint density at radius 1 is 1.30 bits per heavy atom. The number of benzene rings is 1. The number of nitrogens with zero attached hydrogens (tertiary/aromatic N) is 2. The molecule has 4 rings (SSSR count). The average molecular weight is 432 g/mol. The molecule has 5 nitrogen and oxygen atoms in total. The van der Waals surface area contributed by atoms with Gasteiger partial charge in [-0.25, -0.2) is 9.78 Å². The lowest BCUT2D eigenvalue weighted by atomic mass is 10.0. The monoisotopic (exact) mass is 431 g/mol. The van der Waals surface area contributed by atoms with E-state index in [1.165, 1.54) is 16.8 Å². The maximum Gasteiger partial charge on any atom is 0.410 e. The fourth-order valence-electron chi connectivity index (χ4n) is 4.04. The van der Waals surface area contributed by atoms with Crippen LogP contribution in [-0.2, 0) is 17.6 Å². The van der Waals surface area contributed by atoms with Crippen LogP contribution in [0.3, 0.4) is 0 Å². The van der Waals surface area contributed by atoms with Gasteiger partial charge in [0.1, 0.15) is 11.4 Å². The number of aromatic nitrogens is 2. The molecule has 1 saturated heterocycles. The van der Waals surface area contributed by atoms with Crippen molar-refractivity contribution in [1.82, 2.24) is 14.9 Å². The van der Waals surface area contributed by atoms with Gasteiger partial charge >= 0.3 is 6.09 Å².